The number of hydrogen-bond acceptors (Lipinski definition) is 5. The third-order valence-electron chi connectivity index (χ3n) is 3.78. The van der Waals surface area contributed by atoms with E-state index in [2.05, 4.69) is 28.7 Å². The summed E-state index contributed by atoms with van der Waals surface area (Å²) in [5, 5.41) is 18.8. The topological polar surface area (TPSA) is 105 Å². The van der Waals surface area contributed by atoms with E-state index in [1.165, 1.54) is 10.8 Å². The van der Waals surface area contributed by atoms with Crippen LogP contribution in [0.3, 0.4) is 0 Å². The van der Waals surface area contributed by atoms with Crippen LogP contribution in [0.15, 0.2) is 15.8 Å². The molecule has 7 nitrogen and oxygen atoms in total. The molecule has 120 valence electrons. The normalized spacial score (nSPS) is 26.1. The molecule has 2 heterocycles. The van der Waals surface area contributed by atoms with Gasteiger partial charge in [-0.05, 0) is 30.6 Å². The summed E-state index contributed by atoms with van der Waals surface area (Å²) in [5.41, 5.74) is -1.15. The molecule has 1 aliphatic carbocycles. The van der Waals surface area contributed by atoms with Crippen LogP contribution < -0.4 is 11.2 Å². The molecule has 1 saturated carbocycles. The summed E-state index contributed by atoms with van der Waals surface area (Å²) in [6, 6.07) is 0. The highest BCUT2D eigenvalue weighted by molar-refractivity contribution is 5.38. The number of aliphatic hydroxyl groups excluding tert-OH is 2. The van der Waals surface area contributed by atoms with Gasteiger partial charge in [0.15, 0.2) is 0 Å². The van der Waals surface area contributed by atoms with Gasteiger partial charge in [-0.3, -0.25) is 14.3 Å². The Hall–Kier alpha value is -2.32. The molecular weight excluding hydrogens is 300 g/mol. The van der Waals surface area contributed by atoms with Crippen LogP contribution in [0, 0.1) is 29.6 Å². The van der Waals surface area contributed by atoms with Crippen molar-refractivity contribution in [2.75, 3.05) is 6.61 Å². The molecule has 0 aromatic carbocycles. The second kappa shape index (κ2) is 6.43. The van der Waals surface area contributed by atoms with E-state index in [1.807, 2.05) is 0 Å². The van der Waals surface area contributed by atoms with E-state index in [0.717, 1.165) is 12.8 Å². The Kier molecular flexibility index (Phi) is 4.35. The standard InChI is InChI=1S/C16H16N2O5/c19-9-13-12(20)7-14(23-13)18-8-11(15(21)17-16(18)22)4-2-1-3-10-5-6-10/h8,10,12-14,19-20H,5-7,9H2,(H,17,21,22)/t12-,13+,14+/m0/s1. The summed E-state index contributed by atoms with van der Waals surface area (Å²) >= 11 is 0. The van der Waals surface area contributed by atoms with Gasteiger partial charge < -0.3 is 14.9 Å². The second-order valence-electron chi connectivity index (χ2n) is 5.62. The number of aliphatic hydroxyl groups is 2. The van der Waals surface area contributed by atoms with E-state index in [0.29, 0.717) is 5.92 Å². The lowest BCUT2D eigenvalue weighted by molar-refractivity contribution is -0.0459. The van der Waals surface area contributed by atoms with Gasteiger partial charge in [-0.2, -0.15) is 0 Å². The zero-order chi connectivity index (χ0) is 16.4. The van der Waals surface area contributed by atoms with Gasteiger partial charge in [0, 0.05) is 18.5 Å². The van der Waals surface area contributed by atoms with E-state index < -0.39 is 29.7 Å². The summed E-state index contributed by atoms with van der Waals surface area (Å²) in [4.78, 5) is 25.9. The Bertz CT molecular complexity index is 828. The van der Waals surface area contributed by atoms with Crippen LogP contribution in [0.4, 0.5) is 0 Å². The highest BCUT2D eigenvalue weighted by Gasteiger charge is 2.35. The third kappa shape index (κ3) is 3.54. The average molecular weight is 316 g/mol. The van der Waals surface area contributed by atoms with E-state index >= 15 is 0 Å². The van der Waals surface area contributed by atoms with Gasteiger partial charge in [-0.25, -0.2) is 4.79 Å². The van der Waals surface area contributed by atoms with E-state index in [-0.39, 0.29) is 18.6 Å². The lowest BCUT2D eigenvalue weighted by Crippen LogP contribution is -2.33. The number of ether oxygens (including phenoxy) is 1. The summed E-state index contributed by atoms with van der Waals surface area (Å²) in [6.45, 7) is -0.348. The van der Waals surface area contributed by atoms with Gasteiger partial charge in [-0.1, -0.05) is 5.92 Å². The van der Waals surface area contributed by atoms with Crippen molar-refractivity contribution in [2.45, 2.75) is 37.7 Å². The minimum Gasteiger partial charge on any atom is -0.394 e. The molecule has 0 radical (unpaired) electrons. The SMILES string of the molecule is O=c1[nH]c(=O)n([C@H]2C[C@H](O)[C@@H](CO)O2)cc1C#CC#CC1CC1. The molecule has 0 amide bonds. The minimum atomic E-state index is -0.872. The lowest BCUT2D eigenvalue weighted by atomic mass is 10.2. The second-order valence-corrected chi connectivity index (χ2v) is 5.62. The number of aromatic amines is 1. The zero-order valence-electron chi connectivity index (χ0n) is 12.3. The van der Waals surface area contributed by atoms with Crippen molar-refractivity contribution in [3.05, 3.63) is 32.6 Å². The summed E-state index contributed by atoms with van der Waals surface area (Å²) in [6.07, 6.45) is 1.24. The molecular formula is C16H16N2O5. The molecule has 1 saturated heterocycles. The molecule has 0 unspecified atom stereocenters. The molecule has 23 heavy (non-hydrogen) atoms. The summed E-state index contributed by atoms with van der Waals surface area (Å²) in [5.74, 6) is 11.3. The predicted molar refractivity (Wildman–Crippen MR) is 80.3 cm³/mol. The molecule has 3 atom stereocenters. The van der Waals surface area contributed by atoms with Crippen molar-refractivity contribution in [1.82, 2.24) is 9.55 Å². The lowest BCUT2D eigenvalue weighted by Gasteiger charge is -2.14. The number of hydrogen-bond donors (Lipinski definition) is 3. The van der Waals surface area contributed by atoms with Crippen molar-refractivity contribution in [2.24, 2.45) is 5.92 Å². The number of H-pyrrole nitrogens is 1. The Morgan fingerprint density at radius 3 is 2.78 bits per heavy atom. The number of nitrogens with zero attached hydrogens (tertiary/aromatic N) is 1. The Morgan fingerprint density at radius 2 is 2.13 bits per heavy atom. The monoisotopic (exact) mass is 316 g/mol. The van der Waals surface area contributed by atoms with Crippen LogP contribution in [-0.2, 0) is 4.74 Å². The largest absolute Gasteiger partial charge is 0.394 e. The number of rotatable bonds is 2. The van der Waals surface area contributed by atoms with Crippen LogP contribution in [0.1, 0.15) is 31.1 Å². The zero-order valence-corrected chi connectivity index (χ0v) is 12.3. The molecule has 2 fully saturated rings. The van der Waals surface area contributed by atoms with Gasteiger partial charge in [0.1, 0.15) is 17.9 Å². The van der Waals surface area contributed by atoms with E-state index in [1.54, 1.807) is 0 Å². The molecule has 1 aromatic rings. The van der Waals surface area contributed by atoms with Crippen LogP contribution in [0.5, 0.6) is 0 Å². The van der Waals surface area contributed by atoms with Gasteiger partial charge in [0.25, 0.3) is 5.56 Å². The van der Waals surface area contributed by atoms with Crippen LogP contribution in [0.25, 0.3) is 0 Å². The van der Waals surface area contributed by atoms with Gasteiger partial charge in [0.05, 0.1) is 12.7 Å². The maximum absolute atomic E-state index is 11.9. The molecule has 1 aliphatic heterocycles. The smallest absolute Gasteiger partial charge is 0.330 e. The predicted octanol–water partition coefficient (Wildman–Crippen LogP) is -1.06. The molecule has 2 aliphatic rings. The fourth-order valence-electron chi connectivity index (χ4n) is 2.30. The first-order valence-electron chi connectivity index (χ1n) is 7.40. The van der Waals surface area contributed by atoms with Gasteiger partial charge >= 0.3 is 5.69 Å². The summed E-state index contributed by atoms with van der Waals surface area (Å²) in [7, 11) is 0. The maximum Gasteiger partial charge on any atom is 0.330 e. The molecule has 3 rings (SSSR count). The first-order valence-corrected chi connectivity index (χ1v) is 7.40. The average Bonchev–Trinajstić information content (AvgIpc) is 3.27. The van der Waals surface area contributed by atoms with Crippen LogP contribution in [-0.4, -0.2) is 38.6 Å². The molecule has 0 spiro atoms. The van der Waals surface area contributed by atoms with Crippen molar-refractivity contribution >= 4 is 0 Å². The quantitative estimate of drug-likeness (QED) is 0.604. The fourth-order valence-corrected chi connectivity index (χ4v) is 2.30. The van der Waals surface area contributed by atoms with Gasteiger partial charge in [0.2, 0.25) is 0 Å². The Morgan fingerprint density at radius 1 is 1.35 bits per heavy atom. The van der Waals surface area contributed by atoms with Crippen molar-refractivity contribution in [1.29, 1.82) is 0 Å². The fraction of sp³-hybridized carbons (Fsp3) is 0.500. The van der Waals surface area contributed by atoms with Crippen LogP contribution in [0.2, 0.25) is 0 Å². The highest BCUT2D eigenvalue weighted by Crippen LogP contribution is 2.27. The molecule has 1 aromatic heterocycles. The maximum atomic E-state index is 11.9. The first kappa shape index (κ1) is 15.6. The number of nitrogens with one attached hydrogen (secondary N) is 1. The first-order chi connectivity index (χ1) is 11.1. The van der Waals surface area contributed by atoms with Crippen molar-refractivity contribution in [3.63, 3.8) is 0 Å². The Balaban J connectivity index is 1.87. The number of aromatic nitrogens is 2. The minimum absolute atomic E-state index is 0.0974. The molecule has 3 N–H and O–H groups in total. The summed E-state index contributed by atoms with van der Waals surface area (Å²) < 4.78 is 6.58. The van der Waals surface area contributed by atoms with E-state index in [4.69, 9.17) is 9.84 Å². The van der Waals surface area contributed by atoms with Crippen molar-refractivity contribution < 1.29 is 14.9 Å². The third-order valence-corrected chi connectivity index (χ3v) is 3.78. The highest BCUT2D eigenvalue weighted by atomic mass is 16.5. The van der Waals surface area contributed by atoms with Crippen LogP contribution >= 0.6 is 0 Å². The molecule has 7 heteroatoms. The molecule has 0 bridgehead atoms. The van der Waals surface area contributed by atoms with E-state index in [9.17, 15) is 14.7 Å². The van der Waals surface area contributed by atoms with Crippen molar-refractivity contribution in [3.8, 4) is 23.7 Å². The Labute approximate surface area is 131 Å². The van der Waals surface area contributed by atoms with Gasteiger partial charge in [-0.15, -0.1) is 0 Å².